The number of anilines is 1. The van der Waals surface area contributed by atoms with Crippen molar-refractivity contribution in [3.63, 3.8) is 0 Å². The number of nitrogens with zero attached hydrogens (tertiary/aromatic N) is 3. The van der Waals surface area contributed by atoms with Gasteiger partial charge in [-0.15, -0.1) is 0 Å². The minimum Gasteiger partial charge on any atom is -0.410 e. The van der Waals surface area contributed by atoms with Crippen molar-refractivity contribution in [1.82, 2.24) is 15.2 Å². The van der Waals surface area contributed by atoms with E-state index in [-0.39, 0.29) is 23.0 Å². The van der Waals surface area contributed by atoms with Crippen LogP contribution in [0.25, 0.3) is 0 Å². The van der Waals surface area contributed by atoms with Crippen LogP contribution in [0.3, 0.4) is 0 Å². The van der Waals surface area contributed by atoms with Gasteiger partial charge in [0.25, 0.3) is 5.91 Å². The molecule has 172 valence electrons. The number of nitrogens with one attached hydrogen (secondary N) is 1. The smallest absolute Gasteiger partial charge is 0.410 e. The molecule has 1 aromatic carbocycles. The van der Waals surface area contributed by atoms with E-state index < -0.39 is 0 Å². The molecular weight excluding hydrogens is 404 g/mol. The predicted octanol–water partition coefficient (Wildman–Crippen LogP) is 4.35. The number of hydrogen-bond donors (Lipinski definition) is 1. The summed E-state index contributed by atoms with van der Waals surface area (Å²) >= 11 is 0. The fourth-order valence-electron chi connectivity index (χ4n) is 4.25. The first-order chi connectivity index (χ1) is 15.0. The Kier molecular flexibility index (Phi) is 7.06. The molecule has 2 amide bonds. The van der Waals surface area contributed by atoms with Crippen molar-refractivity contribution in [2.24, 2.45) is 5.41 Å². The summed E-state index contributed by atoms with van der Waals surface area (Å²) in [6.07, 6.45) is 2.25. The molecule has 0 aliphatic carbocycles. The summed E-state index contributed by atoms with van der Waals surface area (Å²) in [5.41, 5.74) is 0.325. The second-order valence-electron chi connectivity index (χ2n) is 10.1. The van der Waals surface area contributed by atoms with Crippen LogP contribution in [-0.2, 0) is 0 Å². The van der Waals surface area contributed by atoms with Gasteiger partial charge in [0.1, 0.15) is 11.6 Å². The topological polar surface area (TPSA) is 74.8 Å². The summed E-state index contributed by atoms with van der Waals surface area (Å²) < 4.78 is 5.52. The maximum atomic E-state index is 12.6. The largest absolute Gasteiger partial charge is 0.415 e. The number of carbonyl (C=O) groups excluding carboxylic acids is 2. The standard InChI is InChI=1S/C25H34N4O3/c1-24(2,3)18-25(4,5)27-22(30)19-9-11-20(12-10-19)32-23(31)29-16-14-28(15-17-29)21-8-6-7-13-26-21/h6-13H,14-18H2,1-5H3,(H,27,30). The Morgan fingerprint density at radius 1 is 0.969 bits per heavy atom. The van der Waals surface area contributed by atoms with Gasteiger partial charge in [0.15, 0.2) is 0 Å². The molecule has 0 radical (unpaired) electrons. The lowest BCUT2D eigenvalue weighted by molar-refractivity contribution is 0.0891. The van der Waals surface area contributed by atoms with Crippen molar-refractivity contribution in [2.75, 3.05) is 31.1 Å². The molecule has 0 spiro atoms. The average Bonchev–Trinajstić information content (AvgIpc) is 2.73. The molecule has 1 fully saturated rings. The van der Waals surface area contributed by atoms with E-state index in [4.69, 9.17) is 4.74 Å². The van der Waals surface area contributed by atoms with Crippen LogP contribution in [0.1, 0.15) is 51.4 Å². The highest BCUT2D eigenvalue weighted by Crippen LogP contribution is 2.27. The lowest BCUT2D eigenvalue weighted by Crippen LogP contribution is -2.49. The second-order valence-corrected chi connectivity index (χ2v) is 10.1. The number of rotatable bonds is 5. The van der Waals surface area contributed by atoms with E-state index in [1.54, 1.807) is 35.4 Å². The molecule has 0 atom stereocenters. The van der Waals surface area contributed by atoms with Crippen LogP contribution >= 0.6 is 0 Å². The third-order valence-corrected chi connectivity index (χ3v) is 5.26. The fourth-order valence-corrected chi connectivity index (χ4v) is 4.25. The number of aromatic nitrogens is 1. The number of piperazine rings is 1. The Bertz CT molecular complexity index is 912. The van der Waals surface area contributed by atoms with Crippen LogP contribution in [0.4, 0.5) is 10.6 Å². The van der Waals surface area contributed by atoms with E-state index >= 15 is 0 Å². The number of pyridine rings is 1. The third kappa shape index (κ3) is 6.70. The van der Waals surface area contributed by atoms with Crippen molar-refractivity contribution in [2.45, 2.75) is 46.6 Å². The Hall–Kier alpha value is -3.09. The molecule has 7 heteroatoms. The Labute approximate surface area is 190 Å². The van der Waals surface area contributed by atoms with Crippen molar-refractivity contribution in [3.05, 3.63) is 54.2 Å². The quantitative estimate of drug-likeness (QED) is 0.751. The second kappa shape index (κ2) is 9.59. The molecule has 2 heterocycles. The lowest BCUT2D eigenvalue weighted by Gasteiger charge is -2.34. The normalized spacial score (nSPS) is 14.8. The van der Waals surface area contributed by atoms with Crippen LogP contribution < -0.4 is 15.0 Å². The van der Waals surface area contributed by atoms with Crippen LogP contribution in [0.2, 0.25) is 0 Å². The SMILES string of the molecule is CC(C)(C)CC(C)(C)NC(=O)c1ccc(OC(=O)N2CCN(c3ccccn3)CC2)cc1. The molecule has 7 nitrogen and oxygen atoms in total. The molecule has 0 saturated carbocycles. The van der Waals surface area contributed by atoms with Crippen LogP contribution in [0.5, 0.6) is 5.75 Å². The molecule has 3 rings (SSSR count). The summed E-state index contributed by atoms with van der Waals surface area (Å²) in [6.45, 7) is 13.1. The number of benzene rings is 1. The van der Waals surface area contributed by atoms with E-state index in [1.807, 2.05) is 32.0 Å². The Morgan fingerprint density at radius 2 is 1.62 bits per heavy atom. The maximum Gasteiger partial charge on any atom is 0.415 e. The van der Waals surface area contributed by atoms with Gasteiger partial charge < -0.3 is 19.9 Å². The minimum atomic E-state index is -0.380. The van der Waals surface area contributed by atoms with E-state index in [1.165, 1.54) is 0 Å². The average molecular weight is 439 g/mol. The zero-order chi connectivity index (χ0) is 23.4. The summed E-state index contributed by atoms with van der Waals surface area (Å²) in [6, 6.07) is 12.5. The first-order valence-corrected chi connectivity index (χ1v) is 11.1. The zero-order valence-electron chi connectivity index (χ0n) is 19.7. The molecular formula is C25H34N4O3. The van der Waals surface area contributed by atoms with Crippen molar-refractivity contribution in [1.29, 1.82) is 0 Å². The van der Waals surface area contributed by atoms with E-state index in [9.17, 15) is 9.59 Å². The maximum absolute atomic E-state index is 12.6. The molecule has 0 bridgehead atoms. The molecule has 1 saturated heterocycles. The summed E-state index contributed by atoms with van der Waals surface area (Å²) in [5, 5.41) is 3.09. The summed E-state index contributed by atoms with van der Waals surface area (Å²) in [4.78, 5) is 33.4. The van der Waals surface area contributed by atoms with Gasteiger partial charge in [-0.3, -0.25) is 4.79 Å². The van der Waals surface area contributed by atoms with Crippen molar-refractivity contribution >= 4 is 17.8 Å². The Balaban J connectivity index is 1.51. The van der Waals surface area contributed by atoms with Gasteiger partial charge in [0.2, 0.25) is 0 Å². The zero-order valence-corrected chi connectivity index (χ0v) is 19.7. The van der Waals surface area contributed by atoms with E-state index in [0.717, 1.165) is 12.2 Å². The van der Waals surface area contributed by atoms with Gasteiger partial charge in [-0.1, -0.05) is 26.8 Å². The molecule has 1 aliphatic rings. The molecule has 1 N–H and O–H groups in total. The monoisotopic (exact) mass is 438 g/mol. The first kappa shape index (κ1) is 23.6. The van der Waals surface area contributed by atoms with Gasteiger partial charge in [0, 0.05) is 43.5 Å². The highest BCUT2D eigenvalue weighted by Gasteiger charge is 2.27. The molecule has 1 aromatic heterocycles. The first-order valence-electron chi connectivity index (χ1n) is 11.1. The molecule has 1 aliphatic heterocycles. The molecule has 0 unspecified atom stereocenters. The third-order valence-electron chi connectivity index (χ3n) is 5.26. The van der Waals surface area contributed by atoms with E-state index in [0.29, 0.717) is 37.5 Å². The highest BCUT2D eigenvalue weighted by atomic mass is 16.6. The van der Waals surface area contributed by atoms with Gasteiger partial charge in [-0.25, -0.2) is 9.78 Å². The number of hydrogen-bond acceptors (Lipinski definition) is 5. The summed E-state index contributed by atoms with van der Waals surface area (Å²) in [7, 11) is 0. The molecule has 2 aromatic rings. The minimum absolute atomic E-state index is 0.109. The van der Waals surface area contributed by atoms with Crippen LogP contribution in [0, 0.1) is 5.41 Å². The van der Waals surface area contributed by atoms with Gasteiger partial charge in [-0.05, 0) is 62.1 Å². The predicted molar refractivity (Wildman–Crippen MR) is 126 cm³/mol. The van der Waals surface area contributed by atoms with Crippen LogP contribution in [-0.4, -0.2) is 53.6 Å². The summed E-state index contributed by atoms with van der Waals surface area (Å²) in [5.74, 6) is 1.20. The van der Waals surface area contributed by atoms with Crippen molar-refractivity contribution in [3.8, 4) is 5.75 Å². The number of ether oxygens (including phenoxy) is 1. The Morgan fingerprint density at radius 3 is 2.19 bits per heavy atom. The number of carbonyl (C=O) groups is 2. The van der Waals surface area contributed by atoms with Crippen LogP contribution in [0.15, 0.2) is 48.7 Å². The lowest BCUT2D eigenvalue weighted by atomic mass is 9.81. The van der Waals surface area contributed by atoms with Gasteiger partial charge in [0.05, 0.1) is 0 Å². The fraction of sp³-hybridized carbons (Fsp3) is 0.480. The highest BCUT2D eigenvalue weighted by molar-refractivity contribution is 5.94. The van der Waals surface area contributed by atoms with Gasteiger partial charge >= 0.3 is 6.09 Å². The molecule has 32 heavy (non-hydrogen) atoms. The number of amides is 2. The van der Waals surface area contributed by atoms with Gasteiger partial charge in [-0.2, -0.15) is 0 Å². The van der Waals surface area contributed by atoms with E-state index in [2.05, 4.69) is 36.0 Å². The van der Waals surface area contributed by atoms with Crippen molar-refractivity contribution < 1.29 is 14.3 Å².